The van der Waals surface area contributed by atoms with E-state index >= 15 is 0 Å². The highest BCUT2D eigenvalue weighted by Gasteiger charge is 2.18. The topological polar surface area (TPSA) is 102 Å². The number of hydrogen-bond donors (Lipinski definition) is 2. The Balaban J connectivity index is 3.54. The van der Waals surface area contributed by atoms with Crippen molar-refractivity contribution < 1.29 is 32.6 Å². The Bertz CT molecular complexity index is 300. The maximum atomic E-state index is 10.6. The van der Waals surface area contributed by atoms with Gasteiger partial charge in [0.15, 0.2) is 0 Å². The second kappa shape index (κ2) is 8.56. The summed E-state index contributed by atoms with van der Waals surface area (Å²) in [6.45, 7) is 4.60. The predicted molar refractivity (Wildman–Crippen MR) is 59.9 cm³/mol. The molecule has 2 atom stereocenters. The molecular weight excluding hydrogens is 252 g/mol. The van der Waals surface area contributed by atoms with Crippen LogP contribution in [0.2, 0.25) is 0 Å². The van der Waals surface area contributed by atoms with Crippen LogP contribution in [0, 0.1) is 0 Å². The molecule has 0 aliphatic rings. The molecule has 2 N–H and O–H groups in total. The van der Waals surface area contributed by atoms with Crippen molar-refractivity contribution in [3.8, 4) is 0 Å². The van der Waals surface area contributed by atoms with Gasteiger partial charge < -0.3 is 9.84 Å². The van der Waals surface area contributed by atoms with Crippen molar-refractivity contribution in [1.82, 2.24) is 0 Å². The fourth-order valence-corrected chi connectivity index (χ4v) is 0.920. The molecule has 0 aromatic heterocycles. The third-order valence-corrected chi connectivity index (χ3v) is 2.85. The molecule has 8 heteroatoms. The Morgan fingerprint density at radius 3 is 2.41 bits per heavy atom. The first-order valence-corrected chi connectivity index (χ1v) is 6.45. The van der Waals surface area contributed by atoms with Crippen molar-refractivity contribution in [2.75, 3.05) is 26.4 Å². The number of rotatable bonds is 10. The summed E-state index contributed by atoms with van der Waals surface area (Å²) in [5.41, 5.74) is 0. The number of hydrogen-bond acceptors (Lipinski definition) is 6. The van der Waals surface area contributed by atoms with Gasteiger partial charge in [0.05, 0.1) is 13.2 Å². The second-order valence-corrected chi connectivity index (χ2v) is 5.21. The normalized spacial score (nSPS) is 15.5. The molecule has 0 amide bonds. The van der Waals surface area contributed by atoms with E-state index in [0.717, 1.165) is 0 Å². The zero-order valence-corrected chi connectivity index (χ0v) is 10.4. The van der Waals surface area contributed by atoms with E-state index in [1.54, 1.807) is 0 Å². The van der Waals surface area contributed by atoms with E-state index in [2.05, 4.69) is 16.4 Å². The molecule has 0 aliphatic carbocycles. The first-order valence-electron chi connectivity index (χ1n) is 4.95. The second-order valence-electron chi connectivity index (χ2n) is 3.37. The van der Waals surface area contributed by atoms with Crippen LogP contribution >= 0.6 is 0 Å². The summed E-state index contributed by atoms with van der Waals surface area (Å²) in [5.74, 6) is 0. The molecule has 0 heterocycles. The Kier molecular flexibility index (Phi) is 8.30. The van der Waals surface area contributed by atoms with Crippen LogP contribution in [0.5, 0.6) is 0 Å². The predicted octanol–water partition coefficient (Wildman–Crippen LogP) is -0.226. The van der Waals surface area contributed by atoms with Gasteiger partial charge >= 0.3 is 0 Å². The lowest BCUT2D eigenvalue weighted by molar-refractivity contribution is -0.305. The minimum atomic E-state index is -4.12. The fraction of sp³-hybridized carbons (Fsp3) is 0.778. The van der Waals surface area contributed by atoms with Gasteiger partial charge in [0.25, 0.3) is 10.1 Å². The largest absolute Gasteiger partial charge is 0.388 e. The SMILES string of the molecule is C=CCOCC(O)COOCC(C)S(=O)(=O)O. The van der Waals surface area contributed by atoms with E-state index in [9.17, 15) is 13.5 Å². The molecule has 0 aromatic carbocycles. The zero-order valence-electron chi connectivity index (χ0n) is 9.61. The number of aliphatic hydroxyl groups is 1. The first kappa shape index (κ1) is 16.5. The van der Waals surface area contributed by atoms with Gasteiger partial charge in [-0.25, -0.2) is 9.78 Å². The van der Waals surface area contributed by atoms with Crippen LogP contribution in [0.15, 0.2) is 12.7 Å². The average molecular weight is 270 g/mol. The molecule has 0 rings (SSSR count). The van der Waals surface area contributed by atoms with Gasteiger partial charge in [0.1, 0.15) is 24.6 Å². The lowest BCUT2D eigenvalue weighted by atomic mass is 10.4. The van der Waals surface area contributed by atoms with E-state index in [-0.39, 0.29) is 19.8 Å². The summed E-state index contributed by atoms with van der Waals surface area (Å²) in [4.78, 5) is 9.08. The van der Waals surface area contributed by atoms with Crippen LogP contribution < -0.4 is 0 Å². The third kappa shape index (κ3) is 9.22. The van der Waals surface area contributed by atoms with Crippen LogP contribution in [0.4, 0.5) is 0 Å². The average Bonchev–Trinajstić information content (AvgIpc) is 2.23. The smallest absolute Gasteiger partial charge is 0.269 e. The molecule has 0 aliphatic heterocycles. The summed E-state index contributed by atoms with van der Waals surface area (Å²) in [6.07, 6.45) is 0.661. The lowest BCUT2D eigenvalue weighted by Crippen LogP contribution is -2.25. The van der Waals surface area contributed by atoms with Crippen molar-refractivity contribution in [3.63, 3.8) is 0 Å². The first-order chi connectivity index (χ1) is 7.88. The number of aliphatic hydroxyl groups excluding tert-OH is 1. The molecule has 0 aromatic rings. The van der Waals surface area contributed by atoms with Crippen molar-refractivity contribution >= 4 is 10.1 Å². The van der Waals surface area contributed by atoms with Gasteiger partial charge in [-0.15, -0.1) is 6.58 Å². The van der Waals surface area contributed by atoms with Gasteiger partial charge in [-0.05, 0) is 6.92 Å². The molecule has 0 fully saturated rings. The maximum absolute atomic E-state index is 10.6. The fourth-order valence-electron chi connectivity index (χ4n) is 0.692. The molecule has 2 unspecified atom stereocenters. The van der Waals surface area contributed by atoms with Crippen molar-refractivity contribution in [3.05, 3.63) is 12.7 Å². The molecule has 0 spiro atoms. The molecule has 0 radical (unpaired) electrons. The number of ether oxygens (including phenoxy) is 1. The van der Waals surface area contributed by atoms with Gasteiger partial charge in [0, 0.05) is 0 Å². The Hall–Kier alpha value is -0.510. The standard InChI is InChI=1S/C9H18O7S/c1-3-4-14-6-9(10)7-16-15-5-8(2)17(11,12)13/h3,8-10H,1,4-7H2,2H3,(H,11,12,13). The van der Waals surface area contributed by atoms with E-state index in [1.165, 1.54) is 13.0 Å². The summed E-state index contributed by atoms with van der Waals surface area (Å²) in [7, 11) is -4.12. The van der Waals surface area contributed by atoms with E-state index in [1.807, 2.05) is 0 Å². The lowest BCUT2D eigenvalue weighted by Gasteiger charge is -2.11. The minimum absolute atomic E-state index is 0.0588. The highest BCUT2D eigenvalue weighted by atomic mass is 32.2. The molecule has 0 bridgehead atoms. The molecule has 7 nitrogen and oxygen atoms in total. The highest BCUT2D eigenvalue weighted by Crippen LogP contribution is 1.98. The Morgan fingerprint density at radius 1 is 1.29 bits per heavy atom. The van der Waals surface area contributed by atoms with Gasteiger partial charge in [-0.3, -0.25) is 4.55 Å². The van der Waals surface area contributed by atoms with Crippen LogP contribution in [0.25, 0.3) is 0 Å². The van der Waals surface area contributed by atoms with Crippen molar-refractivity contribution in [1.29, 1.82) is 0 Å². The van der Waals surface area contributed by atoms with Gasteiger partial charge in [-0.2, -0.15) is 8.42 Å². The van der Waals surface area contributed by atoms with Crippen LogP contribution in [-0.2, 0) is 24.6 Å². The van der Waals surface area contributed by atoms with Gasteiger partial charge in [0.2, 0.25) is 0 Å². The monoisotopic (exact) mass is 270 g/mol. The van der Waals surface area contributed by atoms with Crippen LogP contribution in [0.1, 0.15) is 6.92 Å². The minimum Gasteiger partial charge on any atom is -0.388 e. The van der Waals surface area contributed by atoms with E-state index < -0.39 is 21.5 Å². The quantitative estimate of drug-likeness (QED) is 0.186. The summed E-state index contributed by atoms with van der Waals surface area (Å²) in [5, 5.41) is 8.18. The van der Waals surface area contributed by atoms with Crippen molar-refractivity contribution in [2.24, 2.45) is 0 Å². The molecular formula is C9H18O7S. The van der Waals surface area contributed by atoms with Crippen molar-refractivity contribution in [2.45, 2.75) is 18.3 Å². The Labute approximate surface area is 101 Å². The molecule has 0 saturated heterocycles. The van der Waals surface area contributed by atoms with Crippen LogP contribution in [-0.4, -0.2) is 55.9 Å². The summed E-state index contributed by atoms with van der Waals surface area (Å²) >= 11 is 0. The zero-order chi connectivity index (χ0) is 13.3. The van der Waals surface area contributed by atoms with Gasteiger partial charge in [-0.1, -0.05) is 6.08 Å². The van der Waals surface area contributed by atoms with Crippen LogP contribution in [0.3, 0.4) is 0 Å². The third-order valence-electron chi connectivity index (χ3n) is 1.70. The summed E-state index contributed by atoms with van der Waals surface area (Å²) in [6, 6.07) is 0. The summed E-state index contributed by atoms with van der Waals surface area (Å²) < 4.78 is 34.7. The Morgan fingerprint density at radius 2 is 1.88 bits per heavy atom. The van der Waals surface area contributed by atoms with E-state index in [4.69, 9.17) is 9.29 Å². The molecule has 17 heavy (non-hydrogen) atoms. The highest BCUT2D eigenvalue weighted by molar-refractivity contribution is 7.86. The molecule has 102 valence electrons. The maximum Gasteiger partial charge on any atom is 0.269 e. The molecule has 0 saturated carbocycles. The van der Waals surface area contributed by atoms with E-state index in [0.29, 0.717) is 6.61 Å².